The van der Waals surface area contributed by atoms with Crippen molar-refractivity contribution < 1.29 is 0 Å². The lowest BCUT2D eigenvalue weighted by Crippen LogP contribution is -1.95. The molecule has 1 N–H and O–H groups in total. The van der Waals surface area contributed by atoms with Crippen molar-refractivity contribution >= 4 is 26.8 Å². The molecule has 3 rings (SSSR count). The number of aromatic nitrogens is 1. The summed E-state index contributed by atoms with van der Waals surface area (Å²) in [6.45, 7) is 2.23. The Morgan fingerprint density at radius 2 is 1.72 bits per heavy atom. The van der Waals surface area contributed by atoms with Gasteiger partial charge >= 0.3 is 0 Å². The maximum Gasteiger partial charge on any atom is 0.0456 e. The van der Waals surface area contributed by atoms with E-state index in [4.69, 9.17) is 0 Å². The van der Waals surface area contributed by atoms with Gasteiger partial charge in [-0.3, -0.25) is 0 Å². The van der Waals surface area contributed by atoms with Crippen LogP contribution in [-0.4, -0.2) is 4.98 Å². The van der Waals surface area contributed by atoms with Crippen LogP contribution in [0.25, 0.3) is 10.9 Å². The molecule has 1 nitrogen and oxygen atoms in total. The first-order chi connectivity index (χ1) is 8.74. The van der Waals surface area contributed by atoms with Crippen LogP contribution in [0.15, 0.2) is 59.1 Å². The van der Waals surface area contributed by atoms with Crippen LogP contribution in [0.3, 0.4) is 0 Å². The first-order valence-corrected chi connectivity index (χ1v) is 6.86. The van der Waals surface area contributed by atoms with Crippen molar-refractivity contribution in [3.63, 3.8) is 0 Å². The fourth-order valence-electron chi connectivity index (χ4n) is 2.26. The molecule has 3 aromatic rings. The van der Waals surface area contributed by atoms with Gasteiger partial charge in [-0.25, -0.2) is 0 Å². The molecule has 0 fully saturated rings. The summed E-state index contributed by atoms with van der Waals surface area (Å²) in [6.07, 6.45) is 0. The second-order valence-electron chi connectivity index (χ2n) is 4.59. The molecule has 0 aliphatic rings. The number of fused-ring (bicyclic) bond motifs is 1. The minimum Gasteiger partial charge on any atom is -0.358 e. The summed E-state index contributed by atoms with van der Waals surface area (Å²) in [5, 5.41) is 1.27. The van der Waals surface area contributed by atoms with Crippen LogP contribution in [-0.2, 0) is 0 Å². The second-order valence-corrected chi connectivity index (χ2v) is 5.50. The molecule has 0 bridgehead atoms. The minimum absolute atomic E-state index is 0.380. The lowest BCUT2D eigenvalue weighted by molar-refractivity contribution is 0.888. The average molecular weight is 300 g/mol. The van der Waals surface area contributed by atoms with E-state index in [9.17, 15) is 0 Å². The van der Waals surface area contributed by atoms with Crippen LogP contribution in [0.1, 0.15) is 24.1 Å². The molecule has 1 heterocycles. The second kappa shape index (κ2) is 4.62. The van der Waals surface area contributed by atoms with Gasteiger partial charge in [-0.05, 0) is 35.2 Å². The Bertz CT molecular complexity index is 634. The van der Waals surface area contributed by atoms with Gasteiger partial charge < -0.3 is 4.98 Å². The van der Waals surface area contributed by atoms with Gasteiger partial charge in [0.05, 0.1) is 0 Å². The maximum absolute atomic E-state index is 3.50. The van der Waals surface area contributed by atoms with Gasteiger partial charge in [0.2, 0.25) is 0 Å². The zero-order chi connectivity index (χ0) is 12.5. The highest BCUT2D eigenvalue weighted by Gasteiger charge is 2.10. The number of nitrogens with one attached hydrogen (secondary N) is 1. The fraction of sp³-hybridized carbons (Fsp3) is 0.125. The number of benzene rings is 2. The van der Waals surface area contributed by atoms with Crippen molar-refractivity contribution in [3.05, 3.63) is 70.3 Å². The molecule has 0 spiro atoms. The van der Waals surface area contributed by atoms with E-state index in [1.165, 1.54) is 22.2 Å². The van der Waals surface area contributed by atoms with E-state index in [1.807, 2.05) is 0 Å². The van der Waals surface area contributed by atoms with Crippen LogP contribution in [0.5, 0.6) is 0 Å². The van der Waals surface area contributed by atoms with Gasteiger partial charge in [0, 0.05) is 21.6 Å². The van der Waals surface area contributed by atoms with Gasteiger partial charge in [-0.1, -0.05) is 53.2 Å². The van der Waals surface area contributed by atoms with Crippen LogP contribution < -0.4 is 0 Å². The summed E-state index contributed by atoms with van der Waals surface area (Å²) in [5.74, 6) is 0.380. The van der Waals surface area contributed by atoms with E-state index < -0.39 is 0 Å². The van der Waals surface area contributed by atoms with Gasteiger partial charge in [-0.15, -0.1) is 0 Å². The summed E-state index contributed by atoms with van der Waals surface area (Å²) in [4.78, 5) is 3.50. The van der Waals surface area contributed by atoms with Crippen LogP contribution in [0.2, 0.25) is 0 Å². The monoisotopic (exact) mass is 299 g/mol. The Labute approximate surface area is 115 Å². The number of hydrogen-bond acceptors (Lipinski definition) is 0. The van der Waals surface area contributed by atoms with Crippen molar-refractivity contribution in [1.82, 2.24) is 4.98 Å². The number of aromatic amines is 1. The molecule has 2 aromatic carbocycles. The summed E-state index contributed by atoms with van der Waals surface area (Å²) in [7, 11) is 0. The van der Waals surface area contributed by atoms with Crippen molar-refractivity contribution in [2.24, 2.45) is 0 Å². The molecule has 90 valence electrons. The Kier molecular flexibility index (Phi) is 2.96. The Hall–Kier alpha value is -1.54. The third-order valence-electron chi connectivity index (χ3n) is 3.39. The molecule has 0 aliphatic carbocycles. The van der Waals surface area contributed by atoms with Crippen molar-refractivity contribution in [2.75, 3.05) is 0 Å². The van der Waals surface area contributed by atoms with E-state index in [1.54, 1.807) is 0 Å². The van der Waals surface area contributed by atoms with Gasteiger partial charge in [0.1, 0.15) is 0 Å². The molecule has 2 heteroatoms. The third kappa shape index (κ3) is 2.08. The summed E-state index contributed by atoms with van der Waals surface area (Å²) >= 11 is 3.47. The number of rotatable bonds is 2. The highest BCUT2D eigenvalue weighted by Crippen LogP contribution is 2.27. The third-order valence-corrected chi connectivity index (χ3v) is 3.92. The highest BCUT2D eigenvalue weighted by atomic mass is 79.9. The molecular formula is C16H14BrN. The largest absolute Gasteiger partial charge is 0.358 e. The Balaban J connectivity index is 2.00. The molecular weight excluding hydrogens is 286 g/mol. The Morgan fingerprint density at radius 1 is 1.00 bits per heavy atom. The number of H-pyrrole nitrogens is 1. The summed E-state index contributed by atoms with van der Waals surface area (Å²) < 4.78 is 1.12. The first-order valence-electron chi connectivity index (χ1n) is 6.07. The highest BCUT2D eigenvalue weighted by molar-refractivity contribution is 9.10. The predicted molar refractivity (Wildman–Crippen MR) is 80.0 cm³/mol. The van der Waals surface area contributed by atoms with Gasteiger partial charge in [-0.2, -0.15) is 0 Å². The lowest BCUT2D eigenvalue weighted by atomic mass is 9.98. The van der Waals surface area contributed by atoms with Crippen molar-refractivity contribution in [2.45, 2.75) is 12.8 Å². The van der Waals surface area contributed by atoms with Gasteiger partial charge in [0.15, 0.2) is 0 Å². The fourth-order valence-corrected chi connectivity index (χ4v) is 2.52. The average Bonchev–Trinajstić information content (AvgIpc) is 2.82. The van der Waals surface area contributed by atoms with E-state index in [0.717, 1.165) is 4.47 Å². The van der Waals surface area contributed by atoms with Crippen LogP contribution >= 0.6 is 15.9 Å². The SMILES string of the molecule is CC(c1ccc(Br)cc1)c1cc2ccccc2[nH]1. The topological polar surface area (TPSA) is 15.8 Å². The minimum atomic E-state index is 0.380. The lowest BCUT2D eigenvalue weighted by Gasteiger charge is -2.10. The zero-order valence-electron chi connectivity index (χ0n) is 10.2. The van der Waals surface area contributed by atoms with Crippen molar-refractivity contribution in [1.29, 1.82) is 0 Å². The number of hydrogen-bond donors (Lipinski definition) is 1. The van der Waals surface area contributed by atoms with Crippen molar-refractivity contribution in [3.8, 4) is 0 Å². The molecule has 1 unspecified atom stereocenters. The standard InChI is InChI=1S/C16H14BrN/c1-11(12-6-8-14(17)9-7-12)16-10-13-4-2-3-5-15(13)18-16/h2-11,18H,1H3. The Morgan fingerprint density at radius 3 is 2.44 bits per heavy atom. The molecule has 0 saturated carbocycles. The van der Waals surface area contributed by atoms with E-state index in [-0.39, 0.29) is 0 Å². The molecule has 0 amide bonds. The van der Waals surface area contributed by atoms with E-state index in [2.05, 4.69) is 82.4 Å². The number of para-hydroxylation sites is 1. The molecule has 0 aliphatic heterocycles. The van der Waals surface area contributed by atoms with E-state index >= 15 is 0 Å². The normalized spacial score (nSPS) is 12.8. The van der Waals surface area contributed by atoms with Crippen LogP contribution in [0.4, 0.5) is 0 Å². The molecule has 1 atom stereocenters. The summed E-state index contributed by atoms with van der Waals surface area (Å²) in [6, 6.07) is 19.2. The van der Waals surface area contributed by atoms with E-state index in [0.29, 0.717) is 5.92 Å². The first kappa shape index (κ1) is 11.5. The van der Waals surface area contributed by atoms with Gasteiger partial charge in [0.25, 0.3) is 0 Å². The smallest absolute Gasteiger partial charge is 0.0456 e. The molecule has 1 aromatic heterocycles. The molecule has 18 heavy (non-hydrogen) atoms. The van der Waals surface area contributed by atoms with Crippen LogP contribution in [0, 0.1) is 0 Å². The molecule has 0 saturated heterocycles. The quantitative estimate of drug-likeness (QED) is 0.679. The predicted octanol–water partition coefficient (Wildman–Crippen LogP) is 5.08. The molecule has 0 radical (unpaired) electrons. The number of halogens is 1. The summed E-state index contributed by atoms with van der Waals surface area (Å²) in [5.41, 5.74) is 3.79. The maximum atomic E-state index is 3.50. The zero-order valence-corrected chi connectivity index (χ0v) is 11.7.